The van der Waals surface area contributed by atoms with Crippen molar-refractivity contribution in [2.45, 2.75) is 30.2 Å². The Balaban J connectivity index is 1.96. The highest BCUT2D eigenvalue weighted by molar-refractivity contribution is 7.89. The van der Waals surface area contributed by atoms with Crippen LogP contribution >= 0.6 is 0 Å². The van der Waals surface area contributed by atoms with Crippen molar-refractivity contribution in [3.8, 4) is 0 Å². The summed E-state index contributed by atoms with van der Waals surface area (Å²) in [5.41, 5.74) is 0. The molecule has 0 amide bonds. The van der Waals surface area contributed by atoms with E-state index >= 15 is 0 Å². The molecule has 2 aliphatic rings. The Kier molecular flexibility index (Phi) is 4.29. The van der Waals surface area contributed by atoms with E-state index in [1.165, 1.54) is 22.5 Å². The van der Waals surface area contributed by atoms with Crippen LogP contribution in [0.1, 0.15) is 19.3 Å². The molecule has 1 aromatic rings. The lowest BCUT2D eigenvalue weighted by Crippen LogP contribution is -2.53. The zero-order valence-electron chi connectivity index (χ0n) is 12.1. The molecule has 1 aliphatic heterocycles. The average Bonchev–Trinajstić information content (AvgIpc) is 2.93. The summed E-state index contributed by atoms with van der Waals surface area (Å²) in [6.07, 6.45) is 1.92. The van der Waals surface area contributed by atoms with Crippen LogP contribution in [0.25, 0.3) is 0 Å². The van der Waals surface area contributed by atoms with Crippen LogP contribution in [-0.2, 0) is 19.6 Å². The highest BCUT2D eigenvalue weighted by Crippen LogP contribution is 2.32. The van der Waals surface area contributed by atoms with Crippen LogP contribution < -0.4 is 0 Å². The number of ketones is 1. The molecule has 3 rings (SSSR count). The summed E-state index contributed by atoms with van der Waals surface area (Å²) in [6, 6.07) is 4.79. The molecule has 2 atom stereocenters. The van der Waals surface area contributed by atoms with Gasteiger partial charge in [-0.3, -0.25) is 4.79 Å². The zero-order chi connectivity index (χ0) is 15.7. The molecule has 1 saturated carbocycles. The molecule has 1 aromatic carbocycles. The average molecular weight is 327 g/mol. The Morgan fingerprint density at radius 2 is 2.05 bits per heavy atom. The van der Waals surface area contributed by atoms with Crippen molar-refractivity contribution in [3.05, 3.63) is 30.1 Å². The van der Waals surface area contributed by atoms with Gasteiger partial charge in [-0.2, -0.15) is 4.31 Å². The molecule has 120 valence electrons. The Morgan fingerprint density at radius 3 is 2.73 bits per heavy atom. The highest BCUT2D eigenvalue weighted by Gasteiger charge is 2.43. The van der Waals surface area contributed by atoms with Crippen LogP contribution in [0.3, 0.4) is 0 Å². The van der Waals surface area contributed by atoms with E-state index in [4.69, 9.17) is 4.74 Å². The Labute approximate surface area is 129 Å². The van der Waals surface area contributed by atoms with Crippen LogP contribution in [-0.4, -0.2) is 44.3 Å². The summed E-state index contributed by atoms with van der Waals surface area (Å²) in [6.45, 7) is 0.584. The second-order valence-electron chi connectivity index (χ2n) is 5.65. The number of nitrogens with zero attached hydrogens (tertiary/aromatic N) is 1. The molecule has 1 saturated heterocycles. The first-order valence-electron chi connectivity index (χ1n) is 7.38. The fourth-order valence-corrected chi connectivity index (χ4v) is 4.95. The predicted octanol–water partition coefficient (Wildman–Crippen LogP) is 1.58. The molecule has 2 fully saturated rings. The van der Waals surface area contributed by atoms with Crippen LogP contribution in [0.4, 0.5) is 4.39 Å². The molecule has 1 heterocycles. The van der Waals surface area contributed by atoms with Crippen molar-refractivity contribution < 1.29 is 22.3 Å². The van der Waals surface area contributed by atoms with Gasteiger partial charge in [0.1, 0.15) is 16.5 Å². The fraction of sp³-hybridized carbons (Fsp3) is 0.533. The van der Waals surface area contributed by atoms with Gasteiger partial charge in [-0.1, -0.05) is 12.1 Å². The minimum atomic E-state index is -3.98. The van der Waals surface area contributed by atoms with Crippen LogP contribution in [0, 0.1) is 11.7 Å². The molecular formula is C15H18FNO4S. The van der Waals surface area contributed by atoms with Gasteiger partial charge in [0.15, 0.2) is 0 Å². The molecule has 0 N–H and O–H groups in total. The number of hydrogen-bond acceptors (Lipinski definition) is 4. The maximum atomic E-state index is 13.9. The first-order chi connectivity index (χ1) is 10.5. The lowest BCUT2D eigenvalue weighted by molar-refractivity contribution is -0.123. The zero-order valence-corrected chi connectivity index (χ0v) is 12.9. The van der Waals surface area contributed by atoms with Gasteiger partial charge in [-0.15, -0.1) is 0 Å². The highest BCUT2D eigenvalue weighted by atomic mass is 32.2. The lowest BCUT2D eigenvalue weighted by atomic mass is 9.97. The third-order valence-electron chi connectivity index (χ3n) is 4.35. The van der Waals surface area contributed by atoms with Gasteiger partial charge >= 0.3 is 0 Å². The van der Waals surface area contributed by atoms with Crippen molar-refractivity contribution in [1.82, 2.24) is 4.31 Å². The van der Waals surface area contributed by atoms with E-state index in [1.54, 1.807) is 0 Å². The van der Waals surface area contributed by atoms with Gasteiger partial charge in [0.25, 0.3) is 0 Å². The number of hydrogen-bond donors (Lipinski definition) is 0. The summed E-state index contributed by atoms with van der Waals surface area (Å²) in [4.78, 5) is 11.7. The molecule has 0 radical (unpaired) electrons. The monoisotopic (exact) mass is 327 g/mol. The topological polar surface area (TPSA) is 63.7 Å². The largest absolute Gasteiger partial charge is 0.378 e. The maximum absolute atomic E-state index is 13.9. The van der Waals surface area contributed by atoms with Crippen LogP contribution in [0.5, 0.6) is 0 Å². The predicted molar refractivity (Wildman–Crippen MR) is 77.2 cm³/mol. The number of benzene rings is 1. The van der Waals surface area contributed by atoms with Crippen molar-refractivity contribution in [2.24, 2.45) is 5.92 Å². The minimum absolute atomic E-state index is 0.0734. The van der Waals surface area contributed by atoms with Gasteiger partial charge in [0, 0.05) is 18.9 Å². The summed E-state index contributed by atoms with van der Waals surface area (Å²) >= 11 is 0. The Hall–Kier alpha value is -1.31. The number of carbonyl (C=O) groups excluding carboxylic acids is 1. The number of halogens is 1. The summed E-state index contributed by atoms with van der Waals surface area (Å²) < 4.78 is 46.2. The Bertz CT molecular complexity index is 676. The van der Waals surface area contributed by atoms with Crippen molar-refractivity contribution in [3.63, 3.8) is 0 Å². The molecule has 0 unspecified atom stereocenters. The van der Waals surface area contributed by atoms with E-state index in [2.05, 4.69) is 0 Å². The number of morpholine rings is 1. The minimum Gasteiger partial charge on any atom is -0.378 e. The van der Waals surface area contributed by atoms with E-state index in [0.717, 1.165) is 12.5 Å². The van der Waals surface area contributed by atoms with Crippen molar-refractivity contribution in [1.29, 1.82) is 0 Å². The van der Waals surface area contributed by atoms with Gasteiger partial charge in [0.05, 0.1) is 19.3 Å². The molecule has 5 nitrogen and oxygen atoms in total. The molecule has 1 aliphatic carbocycles. The summed E-state index contributed by atoms with van der Waals surface area (Å²) in [7, 11) is -3.98. The second-order valence-corrected chi connectivity index (χ2v) is 7.51. The van der Waals surface area contributed by atoms with Crippen LogP contribution in [0.15, 0.2) is 29.2 Å². The summed E-state index contributed by atoms with van der Waals surface area (Å²) in [5, 5.41) is 0. The fourth-order valence-electron chi connectivity index (χ4n) is 3.25. The van der Waals surface area contributed by atoms with Crippen molar-refractivity contribution >= 4 is 15.8 Å². The molecule has 0 aromatic heterocycles. The van der Waals surface area contributed by atoms with Gasteiger partial charge < -0.3 is 4.74 Å². The number of ether oxygens (including phenoxy) is 1. The normalized spacial score (nSPS) is 27.2. The third-order valence-corrected chi connectivity index (χ3v) is 6.31. The van der Waals surface area contributed by atoms with Gasteiger partial charge in [-0.05, 0) is 25.0 Å². The first kappa shape index (κ1) is 15.6. The first-order valence-corrected chi connectivity index (χ1v) is 8.82. The van der Waals surface area contributed by atoms with Gasteiger partial charge in [0.2, 0.25) is 10.0 Å². The number of sulfonamides is 1. The van der Waals surface area contributed by atoms with E-state index < -0.39 is 21.9 Å². The van der Waals surface area contributed by atoms with E-state index in [9.17, 15) is 17.6 Å². The number of carbonyl (C=O) groups is 1. The van der Waals surface area contributed by atoms with E-state index in [0.29, 0.717) is 12.8 Å². The number of rotatable bonds is 3. The standard InChI is InChI=1S/C15H18FNO4S/c16-12-5-1-2-7-15(12)22(19,20)17-8-9-21-10-13(17)11-4-3-6-14(11)18/h1-2,5,7,11,13H,3-4,6,8-10H2/t11-,13+/m0/s1. The molecule has 0 spiro atoms. The van der Waals surface area contributed by atoms with Crippen LogP contribution in [0.2, 0.25) is 0 Å². The van der Waals surface area contributed by atoms with E-state index in [1.807, 2.05) is 0 Å². The third kappa shape index (κ3) is 2.68. The molecule has 7 heteroatoms. The van der Waals surface area contributed by atoms with Gasteiger partial charge in [-0.25, -0.2) is 12.8 Å². The molecular weight excluding hydrogens is 309 g/mol. The quantitative estimate of drug-likeness (QED) is 0.846. The molecule has 22 heavy (non-hydrogen) atoms. The Morgan fingerprint density at radius 1 is 1.27 bits per heavy atom. The SMILES string of the molecule is O=C1CCC[C@H]1[C@H]1COCCN1S(=O)(=O)c1ccccc1F. The van der Waals surface area contributed by atoms with E-state index in [-0.39, 0.29) is 36.4 Å². The second kappa shape index (κ2) is 6.06. The van der Waals surface area contributed by atoms with Crippen molar-refractivity contribution in [2.75, 3.05) is 19.8 Å². The maximum Gasteiger partial charge on any atom is 0.246 e. The molecule has 0 bridgehead atoms. The summed E-state index contributed by atoms with van der Waals surface area (Å²) in [5.74, 6) is -1.04. The lowest BCUT2D eigenvalue weighted by Gasteiger charge is -2.37. The number of Topliss-reactive ketones (excluding diaryl/α,β-unsaturated/α-hetero) is 1. The smallest absolute Gasteiger partial charge is 0.246 e.